The summed E-state index contributed by atoms with van der Waals surface area (Å²) in [5.74, 6) is -0.123. The average molecular weight is 382 g/mol. The maximum Gasteiger partial charge on any atom is 0.573 e. The molecule has 0 bridgehead atoms. The Labute approximate surface area is 154 Å². The van der Waals surface area contributed by atoms with Gasteiger partial charge in [0.05, 0.1) is 5.69 Å². The number of nitrogens with one attached hydrogen (secondary N) is 2. The van der Waals surface area contributed by atoms with Gasteiger partial charge in [-0.2, -0.15) is 5.10 Å². The second kappa shape index (κ2) is 8.43. The Morgan fingerprint density at radius 1 is 1.26 bits per heavy atom. The van der Waals surface area contributed by atoms with Crippen molar-refractivity contribution in [2.45, 2.75) is 32.0 Å². The number of anilines is 1. The van der Waals surface area contributed by atoms with E-state index in [-0.39, 0.29) is 11.7 Å². The van der Waals surface area contributed by atoms with E-state index in [0.717, 1.165) is 26.1 Å². The number of aromatic nitrogens is 2. The SMILES string of the molecule is O=C(CCCN1CCCC1)Nc1cc(-c2cccc(OC(F)(F)F)c2)[nH]n1. The number of hydrogen-bond donors (Lipinski definition) is 2. The van der Waals surface area contributed by atoms with E-state index in [9.17, 15) is 18.0 Å². The maximum absolute atomic E-state index is 12.3. The fraction of sp³-hybridized carbons (Fsp3) is 0.444. The molecule has 1 saturated heterocycles. The molecule has 2 aromatic rings. The Morgan fingerprint density at radius 2 is 2.04 bits per heavy atom. The zero-order valence-electron chi connectivity index (χ0n) is 14.7. The summed E-state index contributed by atoms with van der Waals surface area (Å²) in [6.07, 6.45) is -1.14. The minimum Gasteiger partial charge on any atom is -0.406 e. The lowest BCUT2D eigenvalue weighted by Crippen LogP contribution is -2.22. The molecule has 2 heterocycles. The number of benzene rings is 1. The van der Waals surface area contributed by atoms with E-state index in [1.54, 1.807) is 12.1 Å². The summed E-state index contributed by atoms with van der Waals surface area (Å²) in [6.45, 7) is 3.11. The number of carbonyl (C=O) groups is 1. The van der Waals surface area contributed by atoms with Crippen LogP contribution in [0.2, 0.25) is 0 Å². The van der Waals surface area contributed by atoms with Crippen LogP contribution in [0.15, 0.2) is 30.3 Å². The van der Waals surface area contributed by atoms with Crippen molar-refractivity contribution in [3.05, 3.63) is 30.3 Å². The highest BCUT2D eigenvalue weighted by atomic mass is 19.4. The molecule has 9 heteroatoms. The lowest BCUT2D eigenvalue weighted by atomic mass is 10.1. The van der Waals surface area contributed by atoms with Crippen LogP contribution in [-0.2, 0) is 4.79 Å². The van der Waals surface area contributed by atoms with Crippen LogP contribution in [0.25, 0.3) is 11.3 Å². The first-order valence-electron chi connectivity index (χ1n) is 8.83. The molecule has 146 valence electrons. The Morgan fingerprint density at radius 3 is 2.78 bits per heavy atom. The van der Waals surface area contributed by atoms with Crippen LogP contribution >= 0.6 is 0 Å². The predicted octanol–water partition coefficient (Wildman–Crippen LogP) is 3.79. The maximum atomic E-state index is 12.3. The number of halogens is 3. The molecule has 1 aromatic heterocycles. The Kier molecular flexibility index (Phi) is 6.00. The number of aromatic amines is 1. The van der Waals surface area contributed by atoms with Gasteiger partial charge < -0.3 is 15.0 Å². The molecular weight excluding hydrogens is 361 g/mol. The zero-order chi connectivity index (χ0) is 19.3. The van der Waals surface area contributed by atoms with Gasteiger partial charge in [0.15, 0.2) is 5.82 Å². The van der Waals surface area contributed by atoms with Crippen molar-refractivity contribution >= 4 is 11.7 Å². The van der Waals surface area contributed by atoms with Crippen molar-refractivity contribution in [2.24, 2.45) is 0 Å². The number of likely N-dealkylation sites (tertiary alicyclic amines) is 1. The molecule has 0 radical (unpaired) electrons. The van der Waals surface area contributed by atoms with Gasteiger partial charge in [-0.15, -0.1) is 13.2 Å². The van der Waals surface area contributed by atoms with Gasteiger partial charge in [-0.3, -0.25) is 9.89 Å². The van der Waals surface area contributed by atoms with Gasteiger partial charge in [0.1, 0.15) is 5.75 Å². The number of amides is 1. The first-order valence-corrected chi connectivity index (χ1v) is 8.83. The molecule has 2 N–H and O–H groups in total. The van der Waals surface area contributed by atoms with Gasteiger partial charge in [0, 0.05) is 18.1 Å². The minimum absolute atomic E-state index is 0.138. The smallest absolute Gasteiger partial charge is 0.406 e. The molecule has 27 heavy (non-hydrogen) atoms. The first-order chi connectivity index (χ1) is 12.9. The third-order valence-electron chi connectivity index (χ3n) is 4.30. The van der Waals surface area contributed by atoms with Gasteiger partial charge in [0.25, 0.3) is 0 Å². The van der Waals surface area contributed by atoms with E-state index in [0.29, 0.717) is 23.5 Å². The van der Waals surface area contributed by atoms with Crippen LogP contribution in [0.3, 0.4) is 0 Å². The Bertz CT molecular complexity index is 770. The van der Waals surface area contributed by atoms with E-state index in [1.165, 1.54) is 31.0 Å². The van der Waals surface area contributed by atoms with Gasteiger partial charge in [-0.1, -0.05) is 12.1 Å². The molecule has 1 fully saturated rings. The highest BCUT2D eigenvalue weighted by Gasteiger charge is 2.31. The fourth-order valence-electron chi connectivity index (χ4n) is 3.07. The number of hydrogen-bond acceptors (Lipinski definition) is 4. The number of alkyl halides is 3. The predicted molar refractivity (Wildman–Crippen MR) is 94.2 cm³/mol. The van der Waals surface area contributed by atoms with Crippen molar-refractivity contribution in [2.75, 3.05) is 25.0 Å². The molecule has 0 spiro atoms. The molecule has 1 aliphatic rings. The lowest BCUT2D eigenvalue weighted by Gasteiger charge is -2.13. The Balaban J connectivity index is 1.53. The number of carbonyl (C=O) groups excluding carboxylic acids is 1. The Hall–Kier alpha value is -2.55. The summed E-state index contributed by atoms with van der Waals surface area (Å²) in [5.41, 5.74) is 0.953. The normalized spacial score (nSPS) is 15.1. The monoisotopic (exact) mass is 382 g/mol. The quantitative estimate of drug-likeness (QED) is 0.764. The number of ether oxygens (including phenoxy) is 1. The summed E-state index contributed by atoms with van der Waals surface area (Å²) in [7, 11) is 0. The molecule has 3 rings (SSSR count). The average Bonchev–Trinajstić information content (AvgIpc) is 3.25. The summed E-state index contributed by atoms with van der Waals surface area (Å²) in [5, 5.41) is 9.40. The third kappa shape index (κ3) is 5.99. The lowest BCUT2D eigenvalue weighted by molar-refractivity contribution is -0.274. The largest absolute Gasteiger partial charge is 0.573 e. The molecule has 0 saturated carbocycles. The van der Waals surface area contributed by atoms with Crippen LogP contribution in [0.5, 0.6) is 5.75 Å². The molecule has 6 nitrogen and oxygen atoms in total. The van der Waals surface area contributed by atoms with Crippen molar-refractivity contribution in [3.8, 4) is 17.0 Å². The molecule has 0 aliphatic carbocycles. The van der Waals surface area contributed by atoms with E-state index < -0.39 is 6.36 Å². The van der Waals surface area contributed by atoms with Gasteiger partial charge in [-0.25, -0.2) is 0 Å². The highest BCUT2D eigenvalue weighted by molar-refractivity contribution is 5.90. The molecule has 1 aliphatic heterocycles. The highest BCUT2D eigenvalue weighted by Crippen LogP contribution is 2.28. The van der Waals surface area contributed by atoms with Crippen LogP contribution in [-0.4, -0.2) is 47.0 Å². The first kappa shape index (κ1) is 19.2. The van der Waals surface area contributed by atoms with Crippen LogP contribution in [0, 0.1) is 0 Å². The molecule has 1 aromatic carbocycles. The van der Waals surface area contributed by atoms with Crippen molar-refractivity contribution < 1.29 is 22.7 Å². The zero-order valence-corrected chi connectivity index (χ0v) is 14.7. The number of nitrogens with zero attached hydrogens (tertiary/aromatic N) is 2. The van der Waals surface area contributed by atoms with E-state index in [4.69, 9.17) is 0 Å². The topological polar surface area (TPSA) is 70.2 Å². The molecular formula is C18H21F3N4O2. The summed E-state index contributed by atoms with van der Waals surface area (Å²) in [4.78, 5) is 14.4. The minimum atomic E-state index is -4.75. The van der Waals surface area contributed by atoms with E-state index in [1.807, 2.05) is 0 Å². The summed E-state index contributed by atoms with van der Waals surface area (Å²) in [6, 6.07) is 7.12. The third-order valence-corrected chi connectivity index (χ3v) is 4.30. The number of H-pyrrole nitrogens is 1. The summed E-state index contributed by atoms with van der Waals surface area (Å²) >= 11 is 0. The van der Waals surface area contributed by atoms with Crippen molar-refractivity contribution in [3.63, 3.8) is 0 Å². The van der Waals surface area contributed by atoms with E-state index in [2.05, 4.69) is 25.2 Å². The van der Waals surface area contributed by atoms with Gasteiger partial charge in [-0.05, 0) is 51.0 Å². The van der Waals surface area contributed by atoms with Crippen LogP contribution in [0.1, 0.15) is 25.7 Å². The fourth-order valence-corrected chi connectivity index (χ4v) is 3.07. The van der Waals surface area contributed by atoms with E-state index >= 15 is 0 Å². The number of rotatable bonds is 7. The molecule has 0 unspecified atom stereocenters. The molecule has 0 atom stereocenters. The van der Waals surface area contributed by atoms with Gasteiger partial charge >= 0.3 is 6.36 Å². The standard InChI is InChI=1S/C18H21F3N4O2/c19-18(20,21)27-14-6-3-5-13(11-14)15-12-16(24-23-15)22-17(26)7-4-10-25-8-1-2-9-25/h3,5-6,11-12H,1-2,4,7-10H2,(H2,22,23,24,26). The second-order valence-electron chi connectivity index (χ2n) is 6.44. The van der Waals surface area contributed by atoms with Crippen LogP contribution in [0.4, 0.5) is 19.0 Å². The van der Waals surface area contributed by atoms with Crippen molar-refractivity contribution in [1.29, 1.82) is 0 Å². The summed E-state index contributed by atoms with van der Waals surface area (Å²) < 4.78 is 40.9. The van der Waals surface area contributed by atoms with Gasteiger partial charge in [0.2, 0.25) is 5.91 Å². The molecule has 1 amide bonds. The van der Waals surface area contributed by atoms with Crippen LogP contribution < -0.4 is 10.1 Å². The second-order valence-corrected chi connectivity index (χ2v) is 6.44. The van der Waals surface area contributed by atoms with Crippen molar-refractivity contribution in [1.82, 2.24) is 15.1 Å².